The van der Waals surface area contributed by atoms with E-state index in [1.54, 1.807) is 12.1 Å². The molecule has 2 aromatic carbocycles. The van der Waals surface area contributed by atoms with E-state index in [0.717, 1.165) is 11.1 Å². The van der Waals surface area contributed by atoms with Gasteiger partial charge in [-0.05, 0) is 17.7 Å². The first-order valence-electron chi connectivity index (χ1n) is 6.59. The second-order valence-electron chi connectivity index (χ2n) is 4.39. The zero-order chi connectivity index (χ0) is 16.0. The van der Waals surface area contributed by atoms with Crippen LogP contribution in [0.5, 0.6) is 0 Å². The van der Waals surface area contributed by atoms with Gasteiger partial charge in [0.25, 0.3) is 0 Å². The predicted molar refractivity (Wildman–Crippen MR) is 90.9 cm³/mol. The Labute approximate surface area is 135 Å². The number of hydrogen-bond donors (Lipinski definition) is 0. The summed E-state index contributed by atoms with van der Waals surface area (Å²) in [6.07, 6.45) is 1.68. The molecular formula is C17H16ClO3P. The van der Waals surface area contributed by atoms with Crippen molar-refractivity contribution in [1.82, 2.24) is 0 Å². The highest BCUT2D eigenvalue weighted by atomic mass is 35.5. The lowest BCUT2D eigenvalue weighted by Crippen LogP contribution is -1.92. The molecule has 0 aromatic heterocycles. The molecule has 0 aliphatic carbocycles. The first-order chi connectivity index (χ1) is 10.6. The molecule has 0 atom stereocenters. The van der Waals surface area contributed by atoms with Crippen LogP contribution in [-0.2, 0) is 13.6 Å². The van der Waals surface area contributed by atoms with E-state index >= 15 is 0 Å². The molecule has 0 heterocycles. The molecule has 0 bridgehead atoms. The van der Waals surface area contributed by atoms with Crippen LogP contribution in [-0.4, -0.2) is 14.2 Å². The third-order valence-corrected chi connectivity index (χ3v) is 5.31. The van der Waals surface area contributed by atoms with Crippen molar-refractivity contribution in [1.29, 1.82) is 0 Å². The number of hydrogen-bond acceptors (Lipinski definition) is 3. The molecule has 0 radical (unpaired) electrons. The molecular weight excluding hydrogens is 319 g/mol. The van der Waals surface area contributed by atoms with Crippen molar-refractivity contribution in [2.75, 3.05) is 14.2 Å². The minimum absolute atomic E-state index is 0.359. The fourth-order valence-corrected chi connectivity index (χ4v) is 3.30. The average molecular weight is 335 g/mol. The van der Waals surface area contributed by atoms with E-state index in [0.29, 0.717) is 10.3 Å². The molecule has 0 aliphatic rings. The molecule has 22 heavy (non-hydrogen) atoms. The average Bonchev–Trinajstić information content (AvgIpc) is 2.57. The summed E-state index contributed by atoms with van der Waals surface area (Å²) in [5, 5.41) is 0.949. The Bertz CT molecular complexity index is 742. The lowest BCUT2D eigenvalue weighted by Gasteiger charge is -2.15. The molecule has 0 amide bonds. The van der Waals surface area contributed by atoms with Gasteiger partial charge in [0.1, 0.15) is 5.31 Å². The smallest absolute Gasteiger partial charge is 0.308 e. The van der Waals surface area contributed by atoms with Crippen LogP contribution in [0, 0.1) is 0 Å². The van der Waals surface area contributed by atoms with Crippen molar-refractivity contribution < 1.29 is 13.6 Å². The van der Waals surface area contributed by atoms with Gasteiger partial charge >= 0.3 is 7.60 Å². The van der Waals surface area contributed by atoms with Crippen molar-refractivity contribution in [3.63, 3.8) is 0 Å². The lowest BCUT2D eigenvalue weighted by atomic mass is 10.2. The minimum atomic E-state index is -3.43. The van der Waals surface area contributed by atoms with Crippen molar-refractivity contribution in [2.24, 2.45) is 0 Å². The van der Waals surface area contributed by atoms with Gasteiger partial charge in [-0.3, -0.25) is 4.57 Å². The first kappa shape index (κ1) is 16.8. The fourth-order valence-electron chi connectivity index (χ4n) is 1.91. The zero-order valence-electron chi connectivity index (χ0n) is 12.3. The van der Waals surface area contributed by atoms with Gasteiger partial charge in [0, 0.05) is 24.8 Å². The van der Waals surface area contributed by atoms with Gasteiger partial charge in [-0.25, -0.2) is 0 Å². The molecule has 2 aromatic rings. The second-order valence-corrected chi connectivity index (χ2v) is 6.97. The van der Waals surface area contributed by atoms with E-state index in [-0.39, 0.29) is 0 Å². The molecule has 0 saturated carbocycles. The molecule has 0 unspecified atom stereocenters. The van der Waals surface area contributed by atoms with E-state index in [9.17, 15) is 4.57 Å². The van der Waals surface area contributed by atoms with Crippen LogP contribution in [0.2, 0.25) is 5.02 Å². The van der Waals surface area contributed by atoms with Crippen LogP contribution in [0.1, 0.15) is 11.1 Å². The summed E-state index contributed by atoms with van der Waals surface area (Å²) in [4.78, 5) is 0. The summed E-state index contributed by atoms with van der Waals surface area (Å²) in [5.74, 6) is 0. The second kappa shape index (κ2) is 7.60. The monoisotopic (exact) mass is 334 g/mol. The van der Waals surface area contributed by atoms with Crippen LogP contribution in [0.4, 0.5) is 0 Å². The normalized spacial score (nSPS) is 10.9. The molecule has 114 valence electrons. The van der Waals surface area contributed by atoms with E-state index in [2.05, 4.69) is 5.73 Å². The summed E-state index contributed by atoms with van der Waals surface area (Å²) in [6, 6.07) is 16.6. The van der Waals surface area contributed by atoms with Gasteiger partial charge in [-0.2, -0.15) is 0 Å². The van der Waals surface area contributed by atoms with Crippen LogP contribution in [0.3, 0.4) is 0 Å². The van der Waals surface area contributed by atoms with Crippen LogP contribution >= 0.6 is 19.2 Å². The summed E-state index contributed by atoms with van der Waals surface area (Å²) in [5.41, 5.74) is 4.52. The Morgan fingerprint density at radius 1 is 1.05 bits per heavy atom. The summed E-state index contributed by atoms with van der Waals surface area (Å²) >= 11 is 6.12. The molecule has 0 saturated heterocycles. The van der Waals surface area contributed by atoms with E-state index < -0.39 is 7.60 Å². The van der Waals surface area contributed by atoms with Gasteiger partial charge in [0.05, 0.1) is 0 Å². The Morgan fingerprint density at radius 3 is 2.23 bits per heavy atom. The quantitative estimate of drug-likeness (QED) is 0.536. The number of benzene rings is 2. The van der Waals surface area contributed by atoms with Crippen molar-refractivity contribution >= 4 is 30.6 Å². The zero-order valence-corrected chi connectivity index (χ0v) is 14.0. The first-order valence-corrected chi connectivity index (χ1v) is 8.51. The number of halogens is 1. The van der Waals surface area contributed by atoms with Crippen LogP contribution in [0.25, 0.3) is 11.4 Å². The SMILES string of the molecule is COP(=O)(OC)C(=C=Cc1ccccc1Cl)c1ccccc1. The molecule has 0 N–H and O–H groups in total. The lowest BCUT2D eigenvalue weighted by molar-refractivity contribution is 0.288. The Balaban J connectivity index is 2.62. The maximum atomic E-state index is 12.8. The third-order valence-electron chi connectivity index (χ3n) is 3.07. The standard InChI is InChI=1S/C17H16ClO3P/c1-20-22(19,21-2)17(15-9-4-3-5-10-15)13-12-14-8-6-7-11-16(14)18/h3-12H,1-2H3. The van der Waals surface area contributed by atoms with E-state index in [4.69, 9.17) is 20.6 Å². The minimum Gasteiger partial charge on any atom is -0.308 e. The van der Waals surface area contributed by atoms with E-state index in [1.165, 1.54) is 14.2 Å². The maximum absolute atomic E-state index is 12.8. The molecule has 0 spiro atoms. The highest BCUT2D eigenvalue weighted by Gasteiger charge is 2.28. The van der Waals surface area contributed by atoms with Gasteiger partial charge in [0.2, 0.25) is 0 Å². The molecule has 0 fully saturated rings. The van der Waals surface area contributed by atoms with Gasteiger partial charge < -0.3 is 9.05 Å². The molecule has 2 rings (SSSR count). The molecule has 3 nitrogen and oxygen atoms in total. The van der Waals surface area contributed by atoms with Crippen molar-refractivity contribution in [2.45, 2.75) is 0 Å². The van der Waals surface area contributed by atoms with Crippen LogP contribution in [0.15, 0.2) is 60.3 Å². The summed E-state index contributed by atoms with van der Waals surface area (Å²) in [6.45, 7) is 0. The summed E-state index contributed by atoms with van der Waals surface area (Å²) < 4.78 is 23.0. The van der Waals surface area contributed by atoms with Crippen molar-refractivity contribution in [3.05, 3.63) is 76.5 Å². The topological polar surface area (TPSA) is 35.5 Å². The number of rotatable bonds is 5. The Morgan fingerprint density at radius 2 is 1.64 bits per heavy atom. The van der Waals surface area contributed by atoms with Gasteiger partial charge in [0.15, 0.2) is 0 Å². The van der Waals surface area contributed by atoms with E-state index in [1.807, 2.05) is 48.5 Å². The van der Waals surface area contributed by atoms with Gasteiger partial charge in [-0.1, -0.05) is 60.1 Å². The molecule has 0 aliphatic heterocycles. The summed E-state index contributed by atoms with van der Waals surface area (Å²) in [7, 11) is -0.731. The predicted octanol–water partition coefficient (Wildman–Crippen LogP) is 5.48. The third kappa shape index (κ3) is 3.78. The Kier molecular flexibility index (Phi) is 5.79. The van der Waals surface area contributed by atoms with Crippen molar-refractivity contribution in [3.8, 4) is 0 Å². The Hall–Kier alpha value is -1.60. The van der Waals surface area contributed by atoms with Crippen LogP contribution < -0.4 is 0 Å². The highest BCUT2D eigenvalue weighted by Crippen LogP contribution is 2.58. The molecule has 5 heteroatoms. The van der Waals surface area contributed by atoms with Gasteiger partial charge in [-0.15, -0.1) is 5.73 Å². The maximum Gasteiger partial charge on any atom is 0.369 e. The largest absolute Gasteiger partial charge is 0.369 e. The highest BCUT2D eigenvalue weighted by molar-refractivity contribution is 7.65. The fraction of sp³-hybridized carbons (Fsp3) is 0.118.